The third-order valence-electron chi connectivity index (χ3n) is 6.89. The Hall–Kier alpha value is -3.84. The van der Waals surface area contributed by atoms with Gasteiger partial charge >= 0.3 is 24.3 Å². The van der Waals surface area contributed by atoms with Crippen LogP contribution >= 0.6 is 0 Å². The van der Waals surface area contributed by atoms with Gasteiger partial charge in [-0.15, -0.1) is 0 Å². The van der Waals surface area contributed by atoms with Crippen molar-refractivity contribution in [2.24, 2.45) is 5.92 Å². The first-order valence-corrected chi connectivity index (χ1v) is 12.3. The molecule has 1 aromatic heterocycles. The summed E-state index contributed by atoms with van der Waals surface area (Å²) in [7, 11) is 0. The zero-order chi connectivity index (χ0) is 29.7. The van der Waals surface area contributed by atoms with Crippen molar-refractivity contribution >= 4 is 23.5 Å². The number of carbonyl (C=O) groups excluding carboxylic acids is 1. The molecule has 2 aromatic rings. The van der Waals surface area contributed by atoms with Crippen LogP contribution in [0.5, 0.6) is 0 Å². The van der Waals surface area contributed by atoms with Crippen LogP contribution in [0.2, 0.25) is 0 Å². The van der Waals surface area contributed by atoms with E-state index in [1.165, 1.54) is 30.6 Å². The number of pyridine rings is 1. The number of piperidine rings is 1. The topological polar surface area (TPSA) is 111 Å². The fourth-order valence-electron chi connectivity index (χ4n) is 4.75. The number of hydrogen-bond donors (Lipinski definition) is 2. The number of rotatable bonds is 3. The summed E-state index contributed by atoms with van der Waals surface area (Å²) in [5, 5.41) is 14.2. The Labute approximate surface area is 225 Å². The molecule has 1 amide bonds. The fourth-order valence-corrected chi connectivity index (χ4v) is 4.75. The minimum Gasteiger partial charge on any atom is -0.475 e. The van der Waals surface area contributed by atoms with Gasteiger partial charge < -0.3 is 20.0 Å². The lowest BCUT2D eigenvalue weighted by Crippen LogP contribution is -2.47. The normalized spacial score (nSPS) is 17.6. The summed E-state index contributed by atoms with van der Waals surface area (Å²) in [6.07, 6.45) is -1.90. The number of aromatic nitrogens is 1. The zero-order valence-corrected chi connectivity index (χ0v) is 21.1. The van der Waals surface area contributed by atoms with Crippen LogP contribution in [0.15, 0.2) is 48.8 Å². The quantitative estimate of drug-likeness (QED) is 0.508. The number of hydrogen-bond acceptors (Lipinski definition) is 5. The van der Waals surface area contributed by atoms with Crippen molar-refractivity contribution in [2.75, 3.05) is 31.1 Å². The summed E-state index contributed by atoms with van der Waals surface area (Å²) in [4.78, 5) is 39.2. The molecule has 1 saturated heterocycles. The number of carboxylic acids is 2. The van der Waals surface area contributed by atoms with Crippen molar-refractivity contribution in [1.82, 2.24) is 9.88 Å². The summed E-state index contributed by atoms with van der Waals surface area (Å²) in [6, 6.07) is 12.7. The van der Waals surface area contributed by atoms with Crippen LogP contribution in [0, 0.1) is 5.92 Å². The van der Waals surface area contributed by atoms with Crippen molar-refractivity contribution in [3.8, 4) is 0 Å². The molecule has 1 saturated carbocycles. The van der Waals surface area contributed by atoms with Crippen LogP contribution in [0.1, 0.15) is 41.6 Å². The van der Waals surface area contributed by atoms with Crippen molar-refractivity contribution in [3.05, 3.63) is 59.9 Å². The molecule has 0 unspecified atom stereocenters. The van der Waals surface area contributed by atoms with Crippen LogP contribution in [0.4, 0.5) is 32.0 Å². The van der Waals surface area contributed by atoms with Crippen molar-refractivity contribution in [1.29, 1.82) is 0 Å². The second kappa shape index (κ2) is 12.1. The maximum Gasteiger partial charge on any atom is 0.490 e. The molecule has 5 rings (SSSR count). The maximum absolute atomic E-state index is 12.7. The summed E-state index contributed by atoms with van der Waals surface area (Å²) < 4.78 is 63.5. The number of likely N-dealkylation sites (tertiary alicyclic amines) is 1. The Balaban J connectivity index is 0.000000263. The Morgan fingerprint density at radius 1 is 0.900 bits per heavy atom. The molecule has 1 aliphatic carbocycles. The Bertz CT molecular complexity index is 1170. The van der Waals surface area contributed by atoms with Gasteiger partial charge in [0.05, 0.1) is 5.56 Å². The van der Waals surface area contributed by atoms with Crippen molar-refractivity contribution in [2.45, 2.75) is 43.5 Å². The SMILES string of the molecule is O=C(O)C(F)(F)F.O=C(O)C(F)(F)F.O=C(c1cccnc1)N1CCC2(CC1)CN(CC1CC1)c1ccccc12. The van der Waals surface area contributed by atoms with Gasteiger partial charge in [0.1, 0.15) is 0 Å². The predicted molar refractivity (Wildman–Crippen MR) is 130 cm³/mol. The van der Waals surface area contributed by atoms with Crippen molar-refractivity contribution < 1.29 is 50.9 Å². The Morgan fingerprint density at radius 2 is 1.45 bits per heavy atom. The summed E-state index contributed by atoms with van der Waals surface area (Å²) in [6.45, 7) is 3.99. The van der Waals surface area contributed by atoms with Crippen LogP contribution in [0.3, 0.4) is 0 Å². The van der Waals surface area contributed by atoms with Gasteiger partial charge in [0, 0.05) is 49.7 Å². The second-order valence-electron chi connectivity index (χ2n) is 9.76. The van der Waals surface area contributed by atoms with E-state index < -0.39 is 24.3 Å². The molecule has 0 atom stereocenters. The monoisotopic (exact) mass is 575 g/mol. The van der Waals surface area contributed by atoms with E-state index in [-0.39, 0.29) is 11.3 Å². The summed E-state index contributed by atoms with van der Waals surface area (Å²) >= 11 is 0. The molecule has 3 aliphatic rings. The lowest BCUT2D eigenvalue weighted by Gasteiger charge is -2.40. The van der Waals surface area contributed by atoms with Gasteiger partial charge in [-0.2, -0.15) is 26.3 Å². The number of fused-ring (bicyclic) bond motifs is 2. The minimum atomic E-state index is -5.08. The minimum absolute atomic E-state index is 0.120. The highest BCUT2D eigenvalue weighted by Gasteiger charge is 2.46. The van der Waals surface area contributed by atoms with E-state index in [0.717, 1.165) is 38.4 Å². The standard InChI is InChI=1S/C22H25N3O.2C2HF3O2/c26-21(18-4-3-11-23-14-18)24-12-9-22(10-13-24)16-25(15-17-7-8-17)20-6-2-1-5-19(20)22;2*3-2(4,5)1(6)7/h1-6,11,14,17H,7-10,12-13,15-16H2;2*(H,6,7). The number of benzene rings is 1. The number of anilines is 1. The number of aliphatic carboxylic acids is 2. The molecule has 2 N–H and O–H groups in total. The molecular formula is C26H27F6N3O5. The van der Waals surface area contributed by atoms with E-state index in [1.807, 2.05) is 17.0 Å². The molecule has 2 fully saturated rings. The van der Waals surface area contributed by atoms with E-state index in [0.29, 0.717) is 5.56 Å². The van der Waals surface area contributed by atoms with Gasteiger partial charge in [-0.1, -0.05) is 18.2 Å². The zero-order valence-electron chi connectivity index (χ0n) is 21.1. The third-order valence-corrected chi connectivity index (χ3v) is 6.89. The first-order chi connectivity index (χ1) is 18.6. The van der Waals surface area contributed by atoms with Crippen LogP contribution < -0.4 is 4.90 Å². The van der Waals surface area contributed by atoms with E-state index in [4.69, 9.17) is 19.8 Å². The first-order valence-electron chi connectivity index (χ1n) is 12.3. The van der Waals surface area contributed by atoms with Gasteiger partial charge in [-0.25, -0.2) is 9.59 Å². The molecule has 1 aromatic carbocycles. The van der Waals surface area contributed by atoms with Crippen LogP contribution in [-0.4, -0.2) is 76.5 Å². The molecule has 2 aliphatic heterocycles. The number of carbonyl (C=O) groups is 3. The lowest BCUT2D eigenvalue weighted by atomic mass is 9.74. The number of halogens is 6. The molecule has 3 heterocycles. The average molecular weight is 576 g/mol. The smallest absolute Gasteiger partial charge is 0.475 e. The predicted octanol–water partition coefficient (Wildman–Crippen LogP) is 4.75. The highest BCUT2D eigenvalue weighted by atomic mass is 19.4. The maximum atomic E-state index is 12.7. The van der Waals surface area contributed by atoms with Gasteiger partial charge in [-0.05, 0) is 55.4 Å². The molecule has 8 nitrogen and oxygen atoms in total. The Kier molecular flexibility index (Phi) is 9.31. The lowest BCUT2D eigenvalue weighted by molar-refractivity contribution is -0.193. The van der Waals surface area contributed by atoms with Crippen LogP contribution in [0.25, 0.3) is 0 Å². The average Bonchev–Trinajstić information content (AvgIpc) is 3.67. The van der Waals surface area contributed by atoms with E-state index in [1.54, 1.807) is 12.4 Å². The van der Waals surface area contributed by atoms with Gasteiger partial charge in [0.2, 0.25) is 0 Å². The molecule has 14 heteroatoms. The van der Waals surface area contributed by atoms with Gasteiger partial charge in [0.25, 0.3) is 5.91 Å². The molecule has 0 bridgehead atoms. The number of amides is 1. The number of carboxylic acid groups (broad SMARTS) is 2. The molecule has 0 radical (unpaired) electrons. The second-order valence-corrected chi connectivity index (χ2v) is 9.76. The molecule has 218 valence electrons. The van der Waals surface area contributed by atoms with Gasteiger partial charge in [-0.3, -0.25) is 9.78 Å². The number of alkyl halides is 6. The fraction of sp³-hybridized carbons (Fsp3) is 0.462. The summed E-state index contributed by atoms with van der Waals surface area (Å²) in [5.41, 5.74) is 3.86. The van der Waals surface area contributed by atoms with E-state index >= 15 is 0 Å². The van der Waals surface area contributed by atoms with Crippen molar-refractivity contribution in [3.63, 3.8) is 0 Å². The third kappa shape index (κ3) is 7.85. The molecule has 40 heavy (non-hydrogen) atoms. The number of nitrogens with zero attached hydrogens (tertiary/aromatic N) is 3. The van der Waals surface area contributed by atoms with Gasteiger partial charge in [0.15, 0.2) is 0 Å². The first kappa shape index (κ1) is 30.7. The number of para-hydroxylation sites is 1. The van der Waals surface area contributed by atoms with Crippen LogP contribution in [-0.2, 0) is 15.0 Å². The highest BCUT2D eigenvalue weighted by molar-refractivity contribution is 5.94. The molecule has 1 spiro atoms. The Morgan fingerprint density at radius 3 is 1.93 bits per heavy atom. The highest BCUT2D eigenvalue weighted by Crippen LogP contribution is 2.48. The largest absolute Gasteiger partial charge is 0.490 e. The van der Waals surface area contributed by atoms with E-state index in [2.05, 4.69) is 34.1 Å². The summed E-state index contributed by atoms with van der Waals surface area (Å²) in [5.74, 6) is -4.50. The van der Waals surface area contributed by atoms with E-state index in [9.17, 15) is 31.1 Å². The molecular weight excluding hydrogens is 548 g/mol.